The van der Waals surface area contributed by atoms with Gasteiger partial charge in [-0.15, -0.1) is 0 Å². The maximum absolute atomic E-state index is 6.48. The summed E-state index contributed by atoms with van der Waals surface area (Å²) in [7, 11) is 4.14. The van der Waals surface area contributed by atoms with Gasteiger partial charge in [0.05, 0.1) is 20.6 Å². The quantitative estimate of drug-likeness (QED) is 0.679. The number of aromatic nitrogens is 1. The van der Waals surface area contributed by atoms with Gasteiger partial charge in [-0.3, -0.25) is 0 Å². The summed E-state index contributed by atoms with van der Waals surface area (Å²) < 4.78 is 0. The topological polar surface area (TPSA) is 19.4 Å². The third-order valence-corrected chi connectivity index (χ3v) is 5.29. The minimum Gasteiger partial charge on any atom is -0.323 e. The third-order valence-electron chi connectivity index (χ3n) is 3.53. The molecule has 7 heteroatoms. The van der Waals surface area contributed by atoms with Crippen LogP contribution in [0.4, 0.5) is 11.5 Å². The Balaban J connectivity index is 2.03. The number of benzene rings is 1. The number of hydrogen-bond donors (Lipinski definition) is 0. The Labute approximate surface area is 155 Å². The van der Waals surface area contributed by atoms with Crippen LogP contribution < -0.4 is 4.90 Å². The SMILES string of the molecule is CN(C)CCCN1c2ncc(Cl)cc2Sc2cc(Cl)cc(Cl)c21. The van der Waals surface area contributed by atoms with Gasteiger partial charge in [0.1, 0.15) is 5.82 Å². The highest BCUT2D eigenvalue weighted by Crippen LogP contribution is 2.51. The lowest BCUT2D eigenvalue weighted by Gasteiger charge is -2.32. The van der Waals surface area contributed by atoms with Crippen LogP contribution in [0.25, 0.3) is 0 Å². The molecule has 0 bridgehead atoms. The Morgan fingerprint density at radius 1 is 1.09 bits per heavy atom. The lowest BCUT2D eigenvalue weighted by Crippen LogP contribution is -2.26. The molecule has 0 spiro atoms. The van der Waals surface area contributed by atoms with Gasteiger partial charge < -0.3 is 9.80 Å². The number of hydrogen-bond acceptors (Lipinski definition) is 4. The molecule has 3 nitrogen and oxygen atoms in total. The molecule has 0 amide bonds. The molecule has 2 heterocycles. The number of pyridine rings is 1. The van der Waals surface area contributed by atoms with Crippen LogP contribution in [-0.4, -0.2) is 37.1 Å². The van der Waals surface area contributed by atoms with Crippen molar-refractivity contribution in [1.82, 2.24) is 9.88 Å². The van der Waals surface area contributed by atoms with Crippen LogP contribution in [0.15, 0.2) is 34.2 Å². The molecule has 122 valence electrons. The predicted octanol–water partition coefficient (Wildman–Crippen LogP) is 5.60. The highest BCUT2D eigenvalue weighted by Gasteiger charge is 2.27. The first-order valence-electron chi connectivity index (χ1n) is 7.20. The zero-order valence-electron chi connectivity index (χ0n) is 12.8. The first-order chi connectivity index (χ1) is 11.0. The second-order valence-electron chi connectivity index (χ2n) is 5.62. The van der Waals surface area contributed by atoms with Gasteiger partial charge in [0.2, 0.25) is 0 Å². The number of anilines is 2. The summed E-state index contributed by atoms with van der Waals surface area (Å²) in [6.07, 6.45) is 2.68. The molecule has 1 aromatic heterocycles. The second kappa shape index (κ2) is 7.08. The van der Waals surface area contributed by atoms with Crippen LogP contribution in [0.2, 0.25) is 15.1 Å². The largest absolute Gasteiger partial charge is 0.323 e. The summed E-state index contributed by atoms with van der Waals surface area (Å²) in [4.78, 5) is 10.9. The summed E-state index contributed by atoms with van der Waals surface area (Å²) in [6.45, 7) is 1.82. The van der Waals surface area contributed by atoms with Crippen LogP contribution in [0, 0.1) is 0 Å². The molecule has 1 aliphatic heterocycles. The Morgan fingerprint density at radius 2 is 1.83 bits per heavy atom. The van der Waals surface area contributed by atoms with Gasteiger partial charge in [-0.1, -0.05) is 46.6 Å². The fourth-order valence-electron chi connectivity index (χ4n) is 2.56. The first kappa shape index (κ1) is 17.2. The average Bonchev–Trinajstić information content (AvgIpc) is 2.45. The number of fused-ring (bicyclic) bond motifs is 2. The van der Waals surface area contributed by atoms with E-state index in [2.05, 4.69) is 28.9 Å². The highest BCUT2D eigenvalue weighted by molar-refractivity contribution is 7.99. The van der Waals surface area contributed by atoms with E-state index in [-0.39, 0.29) is 0 Å². The lowest BCUT2D eigenvalue weighted by atomic mass is 10.2. The van der Waals surface area contributed by atoms with Gasteiger partial charge in [-0.25, -0.2) is 4.98 Å². The molecule has 0 saturated carbocycles. The number of rotatable bonds is 4. The molecule has 1 aromatic carbocycles. The summed E-state index contributed by atoms with van der Waals surface area (Å²) in [5.41, 5.74) is 0.974. The molecule has 3 rings (SSSR count). The molecule has 0 saturated heterocycles. The Kier molecular flexibility index (Phi) is 5.29. The summed E-state index contributed by atoms with van der Waals surface area (Å²) in [5.74, 6) is 0.898. The third kappa shape index (κ3) is 3.72. The van der Waals surface area contributed by atoms with E-state index in [1.807, 2.05) is 12.1 Å². The summed E-state index contributed by atoms with van der Waals surface area (Å²) in [5, 5.41) is 1.90. The first-order valence-corrected chi connectivity index (χ1v) is 9.15. The molecule has 2 aromatic rings. The molecule has 0 aliphatic carbocycles. The molecule has 23 heavy (non-hydrogen) atoms. The van der Waals surface area contributed by atoms with E-state index in [0.29, 0.717) is 15.1 Å². The summed E-state index contributed by atoms with van der Waals surface area (Å²) in [6, 6.07) is 5.66. The molecule has 0 N–H and O–H groups in total. The second-order valence-corrected chi connectivity index (χ2v) is 7.98. The van der Waals surface area contributed by atoms with Crippen molar-refractivity contribution in [2.45, 2.75) is 16.2 Å². The maximum atomic E-state index is 6.48. The van der Waals surface area contributed by atoms with Crippen molar-refractivity contribution >= 4 is 58.1 Å². The van der Waals surface area contributed by atoms with Crippen molar-refractivity contribution in [3.8, 4) is 0 Å². The molecule has 0 unspecified atom stereocenters. The molecule has 0 radical (unpaired) electrons. The number of halogens is 3. The van der Waals surface area contributed by atoms with E-state index >= 15 is 0 Å². The van der Waals surface area contributed by atoms with E-state index in [9.17, 15) is 0 Å². The van der Waals surface area contributed by atoms with Crippen molar-refractivity contribution in [3.63, 3.8) is 0 Å². The molecule has 0 atom stereocenters. The van der Waals surface area contributed by atoms with Crippen molar-refractivity contribution in [1.29, 1.82) is 0 Å². The van der Waals surface area contributed by atoms with E-state index in [0.717, 1.165) is 40.8 Å². The number of nitrogens with zero attached hydrogens (tertiary/aromatic N) is 3. The predicted molar refractivity (Wildman–Crippen MR) is 100 cm³/mol. The van der Waals surface area contributed by atoms with E-state index < -0.39 is 0 Å². The van der Waals surface area contributed by atoms with Crippen molar-refractivity contribution in [2.24, 2.45) is 0 Å². The van der Waals surface area contributed by atoms with Crippen molar-refractivity contribution in [3.05, 3.63) is 39.5 Å². The Bertz CT molecular complexity index is 737. The van der Waals surface area contributed by atoms with Crippen molar-refractivity contribution < 1.29 is 0 Å². The van der Waals surface area contributed by atoms with Gasteiger partial charge in [0, 0.05) is 22.7 Å². The standard InChI is InChI=1S/C16H16Cl3N3S/c1-21(2)4-3-5-22-15-12(19)6-10(17)7-13(15)23-14-8-11(18)9-20-16(14)22/h6-9H,3-5H2,1-2H3. The van der Waals surface area contributed by atoms with Gasteiger partial charge in [-0.2, -0.15) is 0 Å². The van der Waals surface area contributed by atoms with Gasteiger partial charge in [0.15, 0.2) is 0 Å². The molecule has 1 aliphatic rings. The van der Waals surface area contributed by atoms with E-state index in [4.69, 9.17) is 34.8 Å². The minimum atomic E-state index is 0.626. The van der Waals surface area contributed by atoms with Crippen LogP contribution >= 0.6 is 46.6 Å². The average molecular weight is 389 g/mol. The maximum Gasteiger partial charge on any atom is 0.147 e. The lowest BCUT2D eigenvalue weighted by molar-refractivity contribution is 0.402. The van der Waals surface area contributed by atoms with Gasteiger partial charge in [-0.05, 0) is 45.3 Å². The Hall–Kier alpha value is -0.650. The van der Waals surface area contributed by atoms with E-state index in [1.165, 1.54) is 0 Å². The Morgan fingerprint density at radius 3 is 2.57 bits per heavy atom. The highest BCUT2D eigenvalue weighted by atomic mass is 35.5. The zero-order chi connectivity index (χ0) is 16.6. The molecular formula is C16H16Cl3N3S. The van der Waals surface area contributed by atoms with Gasteiger partial charge in [0.25, 0.3) is 0 Å². The monoisotopic (exact) mass is 387 g/mol. The molecule has 0 fully saturated rings. The van der Waals surface area contributed by atoms with Crippen LogP contribution in [-0.2, 0) is 0 Å². The minimum absolute atomic E-state index is 0.626. The van der Waals surface area contributed by atoms with Crippen LogP contribution in [0.5, 0.6) is 0 Å². The van der Waals surface area contributed by atoms with Crippen LogP contribution in [0.1, 0.15) is 6.42 Å². The van der Waals surface area contributed by atoms with Crippen molar-refractivity contribution in [2.75, 3.05) is 32.1 Å². The smallest absolute Gasteiger partial charge is 0.147 e. The zero-order valence-corrected chi connectivity index (χ0v) is 15.9. The van der Waals surface area contributed by atoms with Gasteiger partial charge >= 0.3 is 0 Å². The fraction of sp³-hybridized carbons (Fsp3) is 0.312. The van der Waals surface area contributed by atoms with E-state index in [1.54, 1.807) is 24.0 Å². The molecular weight excluding hydrogens is 373 g/mol. The summed E-state index contributed by atoms with van der Waals surface area (Å²) >= 11 is 20.4. The van der Waals surface area contributed by atoms with Crippen LogP contribution in [0.3, 0.4) is 0 Å². The fourth-order valence-corrected chi connectivity index (χ4v) is 4.68. The normalized spacial score (nSPS) is 13.2.